The van der Waals surface area contributed by atoms with Gasteiger partial charge >= 0.3 is 5.69 Å². The molecule has 1 fully saturated rings. The van der Waals surface area contributed by atoms with Crippen LogP contribution in [0.25, 0.3) is 17.1 Å². The minimum atomic E-state index is -0.399. The van der Waals surface area contributed by atoms with Crippen molar-refractivity contribution in [2.45, 2.75) is 0 Å². The van der Waals surface area contributed by atoms with E-state index in [-0.39, 0.29) is 19.1 Å². The maximum absolute atomic E-state index is 13.8. The molecular weight excluding hydrogens is 558 g/mol. The van der Waals surface area contributed by atoms with Gasteiger partial charge < -0.3 is 5.11 Å². The Morgan fingerprint density at radius 3 is 2.52 bits per heavy atom. The Hall–Kier alpha value is -2.38. The molecule has 1 aromatic carbocycles. The standard InChI is InChI=1S/C21H21Br2N7O3/c22-14-10-16-17(11-15(14)23)30-20(25-26-21(30)33)13-2-1-3-24-19(13)29(16)18(32)12-28-6-4-27(5-7-28)8-9-31/h1-3,10-11,31H,4-9,12H2,(H,26,33). The molecule has 0 bridgehead atoms. The number of rotatable bonds is 4. The SMILES string of the molecule is O=C(CN1CCN(CCO)CC1)N1c2cc(Br)c(Br)cc2-n2c(n[nH]c2=O)-c2cccnc21. The number of aliphatic hydroxyl groups excluding tert-OH is 1. The average Bonchev–Trinajstić information content (AvgIpc) is 3.13. The number of nitrogens with zero attached hydrogens (tertiary/aromatic N) is 6. The van der Waals surface area contributed by atoms with Gasteiger partial charge in [0.05, 0.1) is 30.1 Å². The van der Waals surface area contributed by atoms with E-state index in [4.69, 9.17) is 5.11 Å². The molecule has 2 aliphatic heterocycles. The average molecular weight is 579 g/mol. The highest BCUT2D eigenvalue weighted by atomic mass is 79.9. The van der Waals surface area contributed by atoms with Gasteiger partial charge in [-0.3, -0.25) is 19.5 Å². The van der Waals surface area contributed by atoms with Crippen LogP contribution in [0.3, 0.4) is 0 Å². The van der Waals surface area contributed by atoms with E-state index in [0.29, 0.717) is 35.1 Å². The van der Waals surface area contributed by atoms with E-state index < -0.39 is 5.69 Å². The molecule has 2 N–H and O–H groups in total. The number of pyridine rings is 1. The van der Waals surface area contributed by atoms with Crippen LogP contribution < -0.4 is 10.6 Å². The number of hydrogen-bond donors (Lipinski definition) is 2. The van der Waals surface area contributed by atoms with Crippen LogP contribution in [0.15, 0.2) is 44.2 Å². The second-order valence-electron chi connectivity index (χ2n) is 7.89. The van der Waals surface area contributed by atoms with E-state index >= 15 is 0 Å². The van der Waals surface area contributed by atoms with Crippen LogP contribution in [-0.2, 0) is 4.79 Å². The topological polar surface area (TPSA) is 111 Å². The van der Waals surface area contributed by atoms with Crippen LogP contribution in [0.4, 0.5) is 11.5 Å². The molecule has 2 aromatic heterocycles. The molecule has 2 aliphatic rings. The van der Waals surface area contributed by atoms with Crippen LogP contribution >= 0.6 is 31.9 Å². The summed E-state index contributed by atoms with van der Waals surface area (Å²) in [5.41, 5.74) is 1.25. The molecule has 0 unspecified atom stereocenters. The number of nitrogens with one attached hydrogen (secondary N) is 1. The van der Waals surface area contributed by atoms with Crippen molar-refractivity contribution in [2.75, 3.05) is 50.8 Å². The highest BCUT2D eigenvalue weighted by Crippen LogP contribution is 2.43. The first kappa shape index (κ1) is 22.4. The van der Waals surface area contributed by atoms with Gasteiger partial charge in [-0.25, -0.2) is 19.4 Å². The normalized spacial score (nSPS) is 16.2. The Morgan fingerprint density at radius 1 is 1.09 bits per heavy atom. The van der Waals surface area contributed by atoms with Crippen molar-refractivity contribution in [3.8, 4) is 17.1 Å². The second kappa shape index (κ2) is 9.11. The second-order valence-corrected chi connectivity index (χ2v) is 9.60. The number of anilines is 2. The van der Waals surface area contributed by atoms with E-state index in [1.807, 2.05) is 6.07 Å². The highest BCUT2D eigenvalue weighted by molar-refractivity contribution is 9.13. The number of benzene rings is 1. The largest absolute Gasteiger partial charge is 0.395 e. The summed E-state index contributed by atoms with van der Waals surface area (Å²) in [5.74, 6) is 0.671. The molecule has 0 aliphatic carbocycles. The zero-order chi connectivity index (χ0) is 23.1. The fraction of sp³-hybridized carbons (Fsp3) is 0.333. The Balaban J connectivity index is 1.58. The third kappa shape index (κ3) is 4.06. The first-order valence-electron chi connectivity index (χ1n) is 10.5. The van der Waals surface area contributed by atoms with Gasteiger partial charge in [-0.15, -0.1) is 0 Å². The molecule has 0 atom stereocenters. The molecule has 172 valence electrons. The van der Waals surface area contributed by atoms with E-state index in [2.05, 4.69) is 56.8 Å². The molecule has 5 rings (SSSR count). The van der Waals surface area contributed by atoms with Crippen LogP contribution in [0, 0.1) is 0 Å². The lowest BCUT2D eigenvalue weighted by molar-refractivity contribution is -0.119. The minimum Gasteiger partial charge on any atom is -0.395 e. The molecule has 1 saturated heterocycles. The lowest BCUT2D eigenvalue weighted by atomic mass is 10.2. The smallest absolute Gasteiger partial charge is 0.348 e. The van der Waals surface area contributed by atoms with E-state index in [1.54, 1.807) is 29.3 Å². The zero-order valence-electron chi connectivity index (χ0n) is 17.5. The van der Waals surface area contributed by atoms with Crippen molar-refractivity contribution in [2.24, 2.45) is 0 Å². The van der Waals surface area contributed by atoms with Gasteiger partial charge in [-0.1, -0.05) is 0 Å². The summed E-state index contributed by atoms with van der Waals surface area (Å²) in [4.78, 5) is 36.9. The summed E-state index contributed by atoms with van der Waals surface area (Å²) in [5, 5.41) is 15.9. The fourth-order valence-corrected chi connectivity index (χ4v) is 4.94. The van der Waals surface area contributed by atoms with Crippen molar-refractivity contribution in [3.05, 3.63) is 49.9 Å². The molecule has 0 saturated carbocycles. The van der Waals surface area contributed by atoms with Crippen LogP contribution in [0.2, 0.25) is 0 Å². The fourth-order valence-electron chi connectivity index (χ4n) is 4.28. The summed E-state index contributed by atoms with van der Waals surface area (Å²) < 4.78 is 2.95. The number of carbonyl (C=O) groups is 1. The van der Waals surface area contributed by atoms with E-state index in [1.165, 1.54) is 4.57 Å². The summed E-state index contributed by atoms with van der Waals surface area (Å²) >= 11 is 7.05. The van der Waals surface area contributed by atoms with Crippen molar-refractivity contribution in [1.82, 2.24) is 29.5 Å². The van der Waals surface area contributed by atoms with Gasteiger partial charge in [0.2, 0.25) is 5.91 Å². The van der Waals surface area contributed by atoms with Crippen molar-refractivity contribution >= 4 is 49.3 Å². The van der Waals surface area contributed by atoms with Gasteiger partial charge in [0.15, 0.2) is 11.6 Å². The molecule has 0 radical (unpaired) electrons. The van der Waals surface area contributed by atoms with Crippen molar-refractivity contribution in [1.29, 1.82) is 0 Å². The number of aromatic nitrogens is 4. The summed E-state index contributed by atoms with van der Waals surface area (Å²) in [6.07, 6.45) is 1.63. The van der Waals surface area contributed by atoms with Gasteiger partial charge in [0.1, 0.15) is 0 Å². The number of fused-ring (bicyclic) bond motifs is 5. The number of aromatic amines is 1. The molecule has 1 amide bonds. The van der Waals surface area contributed by atoms with Crippen LogP contribution in [0.5, 0.6) is 0 Å². The maximum Gasteiger partial charge on any atom is 0.348 e. The number of carbonyl (C=O) groups excluding carboxylic acids is 1. The Kier molecular flexibility index (Phi) is 6.18. The van der Waals surface area contributed by atoms with E-state index in [9.17, 15) is 9.59 Å². The number of amides is 1. The first-order valence-corrected chi connectivity index (χ1v) is 12.1. The predicted molar refractivity (Wildman–Crippen MR) is 130 cm³/mol. The predicted octanol–water partition coefficient (Wildman–Crippen LogP) is 1.74. The Morgan fingerprint density at radius 2 is 1.79 bits per heavy atom. The van der Waals surface area contributed by atoms with Gasteiger partial charge in [-0.2, -0.15) is 5.10 Å². The first-order chi connectivity index (χ1) is 16.0. The zero-order valence-corrected chi connectivity index (χ0v) is 20.7. The molecule has 4 heterocycles. The lowest BCUT2D eigenvalue weighted by Gasteiger charge is -2.35. The van der Waals surface area contributed by atoms with Crippen LogP contribution in [-0.4, -0.2) is 86.4 Å². The third-order valence-electron chi connectivity index (χ3n) is 5.90. The number of hydrogen-bond acceptors (Lipinski definition) is 7. The quantitative estimate of drug-likeness (QED) is 0.485. The van der Waals surface area contributed by atoms with Gasteiger partial charge in [0, 0.05) is 47.9 Å². The highest BCUT2D eigenvalue weighted by Gasteiger charge is 2.33. The third-order valence-corrected chi connectivity index (χ3v) is 7.74. The molecular formula is C21H21Br2N7O3. The van der Waals surface area contributed by atoms with Gasteiger partial charge in [-0.05, 0) is 56.1 Å². The van der Waals surface area contributed by atoms with Crippen molar-refractivity contribution in [3.63, 3.8) is 0 Å². The Bertz CT molecular complexity index is 1270. The summed E-state index contributed by atoms with van der Waals surface area (Å²) in [7, 11) is 0. The number of β-amino-alcohol motifs (C(OH)–C–C–N with tert-alkyl or cyclic N) is 1. The molecule has 12 heteroatoms. The number of halogens is 2. The summed E-state index contributed by atoms with van der Waals surface area (Å²) in [6, 6.07) is 7.16. The molecule has 3 aromatic rings. The molecule has 33 heavy (non-hydrogen) atoms. The molecule has 0 spiro atoms. The molecule has 10 nitrogen and oxygen atoms in total. The van der Waals surface area contributed by atoms with Gasteiger partial charge in [0.25, 0.3) is 0 Å². The number of aliphatic hydroxyl groups is 1. The van der Waals surface area contributed by atoms with E-state index in [0.717, 1.165) is 35.1 Å². The monoisotopic (exact) mass is 577 g/mol. The maximum atomic E-state index is 13.8. The Labute approximate surface area is 206 Å². The van der Waals surface area contributed by atoms with Crippen LogP contribution in [0.1, 0.15) is 0 Å². The number of H-pyrrole nitrogens is 1. The minimum absolute atomic E-state index is 0.129. The summed E-state index contributed by atoms with van der Waals surface area (Å²) in [6.45, 7) is 4.02. The lowest BCUT2D eigenvalue weighted by Crippen LogP contribution is -2.50. The number of piperazine rings is 1. The van der Waals surface area contributed by atoms with Crippen molar-refractivity contribution < 1.29 is 9.90 Å².